The van der Waals surface area contributed by atoms with Crippen molar-refractivity contribution in [3.8, 4) is 0 Å². The molecule has 1 aliphatic carbocycles. The van der Waals surface area contributed by atoms with Crippen LogP contribution >= 0.6 is 27.3 Å². The first-order valence-electron chi connectivity index (χ1n) is 7.08. The number of hydrogen-bond acceptors (Lipinski definition) is 4. The fraction of sp³-hybridized carbons (Fsp3) is 0.294. The van der Waals surface area contributed by atoms with E-state index in [2.05, 4.69) is 22.9 Å². The number of hydrogen-bond donors (Lipinski definition) is 0. The number of ketones is 1. The Kier molecular flexibility index (Phi) is 4.19. The van der Waals surface area contributed by atoms with E-state index in [0.29, 0.717) is 4.88 Å². The second-order valence-electron chi connectivity index (χ2n) is 5.20. The highest BCUT2D eigenvalue weighted by atomic mass is 79.9. The standard InChI is InChI=1S/C17H15BrO3S/c1-3-10-12-11(9-7-5-4-6-8-9)13(17(20)21-2)14(19)15(12)22-16(10)18/h4-8,11,13H,3H2,1-2H3/t11-,13+/m0/s1. The van der Waals surface area contributed by atoms with Crippen LogP contribution in [0, 0.1) is 5.92 Å². The molecule has 1 aromatic carbocycles. The van der Waals surface area contributed by atoms with Gasteiger partial charge in [-0.15, -0.1) is 11.3 Å². The highest BCUT2D eigenvalue weighted by molar-refractivity contribution is 9.11. The van der Waals surface area contributed by atoms with E-state index in [1.807, 2.05) is 30.3 Å². The number of rotatable bonds is 3. The molecule has 0 saturated carbocycles. The summed E-state index contributed by atoms with van der Waals surface area (Å²) >= 11 is 4.98. The number of carbonyl (C=O) groups excluding carboxylic acids is 2. The minimum absolute atomic E-state index is 0.124. The zero-order valence-corrected chi connectivity index (χ0v) is 14.7. The van der Waals surface area contributed by atoms with Crippen molar-refractivity contribution in [1.82, 2.24) is 0 Å². The van der Waals surface area contributed by atoms with Gasteiger partial charge in [0.25, 0.3) is 0 Å². The first kappa shape index (κ1) is 15.4. The molecule has 22 heavy (non-hydrogen) atoms. The Morgan fingerprint density at radius 2 is 2.00 bits per heavy atom. The monoisotopic (exact) mass is 378 g/mol. The smallest absolute Gasteiger partial charge is 0.317 e. The second-order valence-corrected chi connectivity index (χ2v) is 7.54. The van der Waals surface area contributed by atoms with Crippen LogP contribution in [0.1, 0.15) is 39.2 Å². The number of benzene rings is 1. The predicted molar refractivity (Wildman–Crippen MR) is 89.5 cm³/mol. The molecular formula is C17H15BrO3S. The van der Waals surface area contributed by atoms with Crippen molar-refractivity contribution >= 4 is 39.0 Å². The van der Waals surface area contributed by atoms with Gasteiger partial charge in [-0.2, -0.15) is 0 Å². The molecule has 0 spiro atoms. The van der Waals surface area contributed by atoms with Gasteiger partial charge < -0.3 is 4.74 Å². The zero-order chi connectivity index (χ0) is 15.9. The Balaban J connectivity index is 2.23. The lowest BCUT2D eigenvalue weighted by Crippen LogP contribution is -2.26. The Hall–Kier alpha value is -1.46. The summed E-state index contributed by atoms with van der Waals surface area (Å²) in [7, 11) is 1.33. The van der Waals surface area contributed by atoms with Gasteiger partial charge in [0.15, 0.2) is 5.78 Å². The van der Waals surface area contributed by atoms with Crippen LogP contribution < -0.4 is 0 Å². The highest BCUT2D eigenvalue weighted by Crippen LogP contribution is 2.50. The van der Waals surface area contributed by atoms with E-state index < -0.39 is 11.9 Å². The molecule has 0 bridgehead atoms. The summed E-state index contributed by atoms with van der Waals surface area (Å²) in [6.07, 6.45) is 0.816. The lowest BCUT2D eigenvalue weighted by molar-refractivity contribution is -0.143. The first-order chi connectivity index (χ1) is 10.6. The van der Waals surface area contributed by atoms with E-state index in [0.717, 1.165) is 26.9 Å². The third-order valence-electron chi connectivity index (χ3n) is 4.12. The molecule has 2 atom stereocenters. The van der Waals surface area contributed by atoms with Crippen LogP contribution in [-0.4, -0.2) is 18.9 Å². The lowest BCUT2D eigenvalue weighted by atomic mass is 9.84. The van der Waals surface area contributed by atoms with Crippen LogP contribution in [0.25, 0.3) is 0 Å². The number of ether oxygens (including phenoxy) is 1. The summed E-state index contributed by atoms with van der Waals surface area (Å²) in [5.74, 6) is -1.61. The van der Waals surface area contributed by atoms with Gasteiger partial charge in [-0.25, -0.2) is 0 Å². The molecule has 0 radical (unpaired) electrons. The molecule has 0 N–H and O–H groups in total. The predicted octanol–water partition coefficient (Wildman–Crippen LogP) is 4.19. The lowest BCUT2D eigenvalue weighted by Gasteiger charge is -2.19. The summed E-state index contributed by atoms with van der Waals surface area (Å²) < 4.78 is 5.88. The minimum Gasteiger partial charge on any atom is -0.468 e. The number of halogens is 1. The molecule has 1 aliphatic rings. The van der Waals surface area contributed by atoms with E-state index in [1.54, 1.807) is 0 Å². The van der Waals surface area contributed by atoms with Crippen molar-refractivity contribution in [1.29, 1.82) is 0 Å². The maximum absolute atomic E-state index is 12.8. The van der Waals surface area contributed by atoms with E-state index in [1.165, 1.54) is 18.4 Å². The van der Waals surface area contributed by atoms with Crippen molar-refractivity contribution in [3.05, 3.63) is 55.7 Å². The number of fused-ring (bicyclic) bond motifs is 1. The van der Waals surface area contributed by atoms with Gasteiger partial charge in [0.05, 0.1) is 15.8 Å². The summed E-state index contributed by atoms with van der Waals surface area (Å²) in [6.45, 7) is 2.06. The fourth-order valence-electron chi connectivity index (χ4n) is 3.14. The summed E-state index contributed by atoms with van der Waals surface area (Å²) in [6, 6.07) is 9.72. The number of carbonyl (C=O) groups is 2. The SMILES string of the molecule is CCc1c(Br)sc2c1[C@H](c1ccccc1)[C@@H](C(=O)OC)C2=O. The zero-order valence-electron chi connectivity index (χ0n) is 12.3. The van der Waals surface area contributed by atoms with Crippen LogP contribution in [-0.2, 0) is 16.0 Å². The normalized spacial score (nSPS) is 20.0. The van der Waals surface area contributed by atoms with E-state index in [-0.39, 0.29) is 11.7 Å². The average molecular weight is 379 g/mol. The maximum atomic E-state index is 12.8. The highest BCUT2D eigenvalue weighted by Gasteiger charge is 2.48. The van der Waals surface area contributed by atoms with E-state index in [4.69, 9.17) is 4.74 Å². The van der Waals surface area contributed by atoms with Crippen LogP contribution in [0.5, 0.6) is 0 Å². The van der Waals surface area contributed by atoms with Crippen LogP contribution in [0.2, 0.25) is 0 Å². The third kappa shape index (κ3) is 2.23. The average Bonchev–Trinajstić information content (AvgIpc) is 3.01. The van der Waals surface area contributed by atoms with Crippen molar-refractivity contribution < 1.29 is 14.3 Å². The molecule has 0 fully saturated rings. The number of Topliss-reactive ketones (excluding diaryl/α,β-unsaturated/α-hetero) is 1. The molecule has 0 aliphatic heterocycles. The van der Waals surface area contributed by atoms with Gasteiger partial charge in [0.2, 0.25) is 0 Å². The van der Waals surface area contributed by atoms with Gasteiger partial charge >= 0.3 is 5.97 Å². The Labute approximate surface area is 141 Å². The van der Waals surface area contributed by atoms with E-state index >= 15 is 0 Å². The number of esters is 1. The molecular weight excluding hydrogens is 364 g/mol. The van der Waals surface area contributed by atoms with Crippen LogP contribution in [0.15, 0.2) is 34.1 Å². The van der Waals surface area contributed by atoms with Crippen molar-refractivity contribution in [2.75, 3.05) is 7.11 Å². The Bertz CT molecular complexity index is 736. The fourth-order valence-corrected chi connectivity index (χ4v) is 5.26. The summed E-state index contributed by atoms with van der Waals surface area (Å²) in [5.41, 5.74) is 3.09. The van der Waals surface area contributed by atoms with Crippen molar-refractivity contribution in [3.63, 3.8) is 0 Å². The molecule has 0 saturated heterocycles. The molecule has 3 nitrogen and oxygen atoms in total. The first-order valence-corrected chi connectivity index (χ1v) is 8.69. The minimum atomic E-state index is -0.771. The van der Waals surface area contributed by atoms with Crippen LogP contribution in [0.3, 0.4) is 0 Å². The number of thiophene rings is 1. The largest absolute Gasteiger partial charge is 0.468 e. The van der Waals surface area contributed by atoms with Gasteiger partial charge in [0.1, 0.15) is 5.92 Å². The van der Waals surface area contributed by atoms with Crippen molar-refractivity contribution in [2.24, 2.45) is 5.92 Å². The van der Waals surface area contributed by atoms with Gasteiger partial charge in [0, 0.05) is 5.92 Å². The maximum Gasteiger partial charge on any atom is 0.317 e. The Morgan fingerprint density at radius 3 is 2.59 bits per heavy atom. The molecule has 0 unspecified atom stereocenters. The molecule has 3 rings (SSSR count). The molecule has 114 valence electrons. The number of methoxy groups -OCH3 is 1. The van der Waals surface area contributed by atoms with Crippen LogP contribution in [0.4, 0.5) is 0 Å². The molecule has 1 aromatic heterocycles. The second kappa shape index (κ2) is 5.97. The van der Waals surface area contributed by atoms with Gasteiger partial charge in [-0.1, -0.05) is 37.3 Å². The molecule has 1 heterocycles. The van der Waals surface area contributed by atoms with E-state index in [9.17, 15) is 9.59 Å². The summed E-state index contributed by atoms with van der Waals surface area (Å²) in [5, 5.41) is 0. The Morgan fingerprint density at radius 1 is 1.32 bits per heavy atom. The molecule has 5 heteroatoms. The molecule has 0 amide bonds. The van der Waals surface area contributed by atoms with Gasteiger partial charge in [-0.3, -0.25) is 9.59 Å². The summed E-state index contributed by atoms with van der Waals surface area (Å²) in [4.78, 5) is 25.6. The topological polar surface area (TPSA) is 43.4 Å². The quantitative estimate of drug-likeness (QED) is 0.593. The van der Waals surface area contributed by atoms with Crippen molar-refractivity contribution in [2.45, 2.75) is 19.3 Å². The third-order valence-corrected chi connectivity index (χ3v) is 6.13. The molecule has 2 aromatic rings. The van der Waals surface area contributed by atoms with Gasteiger partial charge in [-0.05, 0) is 39.0 Å².